The third-order valence-electron chi connectivity index (χ3n) is 4.34. The average molecular weight is 398 g/mol. The molecule has 0 saturated carbocycles. The van der Waals surface area contributed by atoms with Crippen LogP contribution in [-0.2, 0) is 4.79 Å². The molecule has 7 heteroatoms. The van der Waals surface area contributed by atoms with Gasteiger partial charge in [-0.2, -0.15) is 0 Å². The molecule has 2 N–H and O–H groups in total. The Bertz CT molecular complexity index is 864. The molecule has 2 amide bonds. The Labute approximate surface area is 170 Å². The molecule has 7 nitrogen and oxygen atoms in total. The van der Waals surface area contributed by atoms with E-state index in [1.165, 1.54) is 0 Å². The van der Waals surface area contributed by atoms with Crippen molar-refractivity contribution in [3.05, 3.63) is 53.6 Å². The molecule has 2 aromatic rings. The minimum Gasteiger partial charge on any atom is -0.491 e. The maximum Gasteiger partial charge on any atom is 0.251 e. The highest BCUT2D eigenvalue weighted by molar-refractivity contribution is 5.96. The van der Waals surface area contributed by atoms with Gasteiger partial charge in [-0.25, -0.2) is 0 Å². The van der Waals surface area contributed by atoms with Gasteiger partial charge in [0, 0.05) is 5.56 Å². The van der Waals surface area contributed by atoms with E-state index in [1.54, 1.807) is 24.3 Å². The molecule has 0 radical (unpaired) electrons. The summed E-state index contributed by atoms with van der Waals surface area (Å²) >= 11 is 0. The van der Waals surface area contributed by atoms with Gasteiger partial charge in [0.25, 0.3) is 5.91 Å². The van der Waals surface area contributed by atoms with Crippen LogP contribution in [0, 0.1) is 0 Å². The molecule has 1 aliphatic heterocycles. The van der Waals surface area contributed by atoms with E-state index in [-0.39, 0.29) is 30.5 Å². The lowest BCUT2D eigenvalue weighted by Crippen LogP contribution is -2.38. The normalized spacial score (nSPS) is 13.5. The fourth-order valence-corrected chi connectivity index (χ4v) is 2.92. The SMILES string of the molecule is CC(C)Oc1ccc(C(=O)NCC(=O)NC(C)c2ccc3c(c2)OCCO3)cc1. The molecule has 1 heterocycles. The van der Waals surface area contributed by atoms with Crippen LogP contribution >= 0.6 is 0 Å². The van der Waals surface area contributed by atoms with E-state index in [4.69, 9.17) is 14.2 Å². The molecular formula is C22H26N2O5. The highest BCUT2D eigenvalue weighted by Gasteiger charge is 2.16. The first-order chi connectivity index (χ1) is 13.9. The Balaban J connectivity index is 1.49. The maximum atomic E-state index is 12.2. The maximum absolute atomic E-state index is 12.2. The van der Waals surface area contributed by atoms with Crippen LogP contribution in [-0.4, -0.2) is 37.7 Å². The van der Waals surface area contributed by atoms with Crippen LogP contribution in [0.1, 0.15) is 42.7 Å². The van der Waals surface area contributed by atoms with Crippen molar-refractivity contribution in [1.29, 1.82) is 0 Å². The first kappa shape index (κ1) is 20.5. The Hall–Kier alpha value is -3.22. The lowest BCUT2D eigenvalue weighted by molar-refractivity contribution is -0.120. The van der Waals surface area contributed by atoms with Crippen molar-refractivity contribution < 1.29 is 23.8 Å². The van der Waals surface area contributed by atoms with E-state index in [0.717, 1.165) is 5.56 Å². The highest BCUT2D eigenvalue weighted by atomic mass is 16.6. The predicted molar refractivity (Wildman–Crippen MR) is 109 cm³/mol. The van der Waals surface area contributed by atoms with E-state index in [9.17, 15) is 9.59 Å². The van der Waals surface area contributed by atoms with Crippen LogP contribution in [0.4, 0.5) is 0 Å². The Morgan fingerprint density at radius 3 is 2.38 bits per heavy atom. The lowest BCUT2D eigenvalue weighted by Gasteiger charge is -2.21. The summed E-state index contributed by atoms with van der Waals surface area (Å²) < 4.78 is 16.6. The number of carbonyl (C=O) groups excluding carboxylic acids is 2. The summed E-state index contributed by atoms with van der Waals surface area (Å²) in [5.41, 5.74) is 1.36. The predicted octanol–water partition coefficient (Wildman–Crippen LogP) is 2.85. The Morgan fingerprint density at radius 1 is 1.00 bits per heavy atom. The van der Waals surface area contributed by atoms with Crippen LogP contribution in [0.5, 0.6) is 17.2 Å². The fraction of sp³-hybridized carbons (Fsp3) is 0.364. The second-order valence-corrected chi connectivity index (χ2v) is 7.07. The third kappa shape index (κ3) is 5.63. The van der Waals surface area contributed by atoms with Gasteiger partial charge in [-0.1, -0.05) is 6.07 Å². The molecule has 1 atom stereocenters. The third-order valence-corrected chi connectivity index (χ3v) is 4.34. The van der Waals surface area contributed by atoms with Crippen molar-refractivity contribution in [2.75, 3.05) is 19.8 Å². The Morgan fingerprint density at radius 2 is 1.69 bits per heavy atom. The van der Waals surface area contributed by atoms with Crippen LogP contribution < -0.4 is 24.8 Å². The van der Waals surface area contributed by atoms with Crippen molar-refractivity contribution in [3.63, 3.8) is 0 Å². The summed E-state index contributed by atoms with van der Waals surface area (Å²) in [7, 11) is 0. The van der Waals surface area contributed by atoms with Gasteiger partial charge < -0.3 is 24.8 Å². The van der Waals surface area contributed by atoms with E-state index in [0.29, 0.717) is 36.0 Å². The molecule has 0 aliphatic carbocycles. The van der Waals surface area contributed by atoms with Crippen molar-refractivity contribution >= 4 is 11.8 Å². The quantitative estimate of drug-likeness (QED) is 0.749. The molecule has 0 fully saturated rings. The summed E-state index contributed by atoms with van der Waals surface area (Å²) in [4.78, 5) is 24.5. The number of hydrogen-bond acceptors (Lipinski definition) is 5. The number of ether oxygens (including phenoxy) is 3. The zero-order chi connectivity index (χ0) is 20.8. The molecule has 0 aromatic heterocycles. The van der Waals surface area contributed by atoms with Gasteiger partial charge in [0.05, 0.1) is 18.7 Å². The van der Waals surface area contributed by atoms with Crippen LogP contribution in [0.15, 0.2) is 42.5 Å². The van der Waals surface area contributed by atoms with Crippen molar-refractivity contribution in [2.45, 2.75) is 32.9 Å². The van der Waals surface area contributed by atoms with E-state index in [2.05, 4.69) is 10.6 Å². The van der Waals surface area contributed by atoms with Crippen LogP contribution in [0.25, 0.3) is 0 Å². The van der Waals surface area contributed by atoms with Crippen LogP contribution in [0.2, 0.25) is 0 Å². The first-order valence-corrected chi connectivity index (χ1v) is 9.66. The number of nitrogens with one attached hydrogen (secondary N) is 2. The molecule has 1 unspecified atom stereocenters. The summed E-state index contributed by atoms with van der Waals surface area (Å²) in [6.07, 6.45) is 0.0644. The topological polar surface area (TPSA) is 85.9 Å². The summed E-state index contributed by atoms with van der Waals surface area (Å²) in [5, 5.41) is 5.50. The lowest BCUT2D eigenvalue weighted by atomic mass is 10.1. The molecule has 1 aliphatic rings. The number of fused-ring (bicyclic) bond motifs is 1. The van der Waals surface area contributed by atoms with E-state index in [1.807, 2.05) is 39.0 Å². The number of amides is 2. The Kier molecular flexibility index (Phi) is 6.59. The fourth-order valence-electron chi connectivity index (χ4n) is 2.92. The van der Waals surface area contributed by atoms with Gasteiger partial charge >= 0.3 is 0 Å². The van der Waals surface area contributed by atoms with Crippen molar-refractivity contribution in [2.24, 2.45) is 0 Å². The molecule has 0 bridgehead atoms. The second-order valence-electron chi connectivity index (χ2n) is 7.07. The summed E-state index contributed by atoms with van der Waals surface area (Å²) in [6.45, 7) is 6.67. The van der Waals surface area contributed by atoms with Crippen LogP contribution in [0.3, 0.4) is 0 Å². The molecular weight excluding hydrogens is 372 g/mol. The van der Waals surface area contributed by atoms with Gasteiger partial charge in [-0.3, -0.25) is 9.59 Å². The number of benzene rings is 2. The van der Waals surface area contributed by atoms with Gasteiger partial charge in [0.15, 0.2) is 11.5 Å². The molecule has 154 valence electrons. The average Bonchev–Trinajstić information content (AvgIpc) is 2.71. The van der Waals surface area contributed by atoms with Gasteiger partial charge in [-0.05, 0) is 62.7 Å². The second kappa shape index (κ2) is 9.32. The molecule has 2 aromatic carbocycles. The van der Waals surface area contributed by atoms with Gasteiger partial charge in [0.2, 0.25) is 5.91 Å². The zero-order valence-corrected chi connectivity index (χ0v) is 16.9. The zero-order valence-electron chi connectivity index (χ0n) is 16.9. The first-order valence-electron chi connectivity index (χ1n) is 9.66. The molecule has 3 rings (SSSR count). The number of hydrogen-bond donors (Lipinski definition) is 2. The summed E-state index contributed by atoms with van der Waals surface area (Å²) in [5.74, 6) is 1.48. The minimum atomic E-state index is -0.316. The van der Waals surface area contributed by atoms with Gasteiger partial charge in [0.1, 0.15) is 19.0 Å². The molecule has 29 heavy (non-hydrogen) atoms. The van der Waals surface area contributed by atoms with Crippen molar-refractivity contribution in [3.8, 4) is 17.2 Å². The van der Waals surface area contributed by atoms with E-state index < -0.39 is 0 Å². The number of rotatable bonds is 7. The molecule has 0 spiro atoms. The smallest absolute Gasteiger partial charge is 0.251 e. The highest BCUT2D eigenvalue weighted by Crippen LogP contribution is 2.32. The molecule has 0 saturated heterocycles. The van der Waals surface area contributed by atoms with Crippen molar-refractivity contribution in [1.82, 2.24) is 10.6 Å². The summed E-state index contributed by atoms with van der Waals surface area (Å²) in [6, 6.07) is 12.2. The number of carbonyl (C=O) groups is 2. The van der Waals surface area contributed by atoms with E-state index >= 15 is 0 Å². The monoisotopic (exact) mass is 398 g/mol. The standard InChI is InChI=1S/C22H26N2O5/c1-14(2)29-18-7-4-16(5-8-18)22(26)23-13-21(25)24-15(3)17-6-9-19-20(12-17)28-11-10-27-19/h4-9,12,14-15H,10-11,13H2,1-3H3,(H,23,26)(H,24,25). The minimum absolute atomic E-state index is 0.0644. The van der Waals surface area contributed by atoms with Gasteiger partial charge in [-0.15, -0.1) is 0 Å². The largest absolute Gasteiger partial charge is 0.491 e.